The fraction of sp³-hybridized carbons (Fsp3) is 0.412. The summed E-state index contributed by atoms with van der Waals surface area (Å²) in [5, 5.41) is 6.02. The Morgan fingerprint density at radius 3 is 2.95 bits per heavy atom. The molecule has 0 saturated carbocycles. The zero-order valence-corrected chi connectivity index (χ0v) is 13.6. The summed E-state index contributed by atoms with van der Waals surface area (Å²) in [5.74, 6) is 0.126. The SMILES string of the molecule is Cc1csc(CNC(=O)C2CCCN2Cc2ccccc2)n1. The number of benzene rings is 1. The Morgan fingerprint density at radius 2 is 2.23 bits per heavy atom. The molecule has 1 unspecified atom stereocenters. The lowest BCUT2D eigenvalue weighted by molar-refractivity contribution is -0.125. The first-order valence-electron chi connectivity index (χ1n) is 7.69. The molecule has 0 radical (unpaired) electrons. The molecule has 1 aromatic carbocycles. The molecular formula is C17H21N3OS. The van der Waals surface area contributed by atoms with Gasteiger partial charge in [-0.2, -0.15) is 0 Å². The second-order valence-corrected chi connectivity index (χ2v) is 6.66. The fourth-order valence-electron chi connectivity index (χ4n) is 2.89. The molecule has 116 valence electrons. The molecule has 4 nitrogen and oxygen atoms in total. The summed E-state index contributed by atoms with van der Waals surface area (Å²) in [6, 6.07) is 10.3. The van der Waals surface area contributed by atoms with Gasteiger partial charge in [0.05, 0.1) is 12.6 Å². The average Bonchev–Trinajstić information content (AvgIpc) is 3.15. The first kappa shape index (κ1) is 15.2. The topological polar surface area (TPSA) is 45.2 Å². The molecule has 3 rings (SSSR count). The standard InChI is InChI=1S/C17H21N3OS/c1-13-12-22-16(19-13)10-18-17(21)15-8-5-9-20(15)11-14-6-3-2-4-7-14/h2-4,6-7,12,15H,5,8-11H2,1H3,(H,18,21). The summed E-state index contributed by atoms with van der Waals surface area (Å²) in [4.78, 5) is 19.1. The molecule has 5 heteroatoms. The lowest BCUT2D eigenvalue weighted by atomic mass is 10.1. The molecule has 1 saturated heterocycles. The van der Waals surface area contributed by atoms with E-state index in [0.29, 0.717) is 6.54 Å². The number of likely N-dealkylation sites (tertiary alicyclic amines) is 1. The van der Waals surface area contributed by atoms with Gasteiger partial charge in [0.2, 0.25) is 5.91 Å². The minimum atomic E-state index is -0.0127. The number of hydrogen-bond donors (Lipinski definition) is 1. The van der Waals surface area contributed by atoms with Gasteiger partial charge in [0.25, 0.3) is 0 Å². The van der Waals surface area contributed by atoms with Crippen molar-refractivity contribution in [2.24, 2.45) is 0 Å². The van der Waals surface area contributed by atoms with E-state index in [1.807, 2.05) is 30.5 Å². The summed E-state index contributed by atoms with van der Waals surface area (Å²) in [6.45, 7) is 4.34. The number of rotatable bonds is 5. The minimum absolute atomic E-state index is 0.0127. The van der Waals surface area contributed by atoms with Crippen molar-refractivity contribution in [3.05, 3.63) is 52.0 Å². The number of aryl methyl sites for hydroxylation is 1. The van der Waals surface area contributed by atoms with E-state index < -0.39 is 0 Å². The van der Waals surface area contributed by atoms with Crippen molar-refractivity contribution < 1.29 is 4.79 Å². The van der Waals surface area contributed by atoms with Crippen molar-refractivity contribution in [1.29, 1.82) is 0 Å². The van der Waals surface area contributed by atoms with Crippen molar-refractivity contribution >= 4 is 17.2 Å². The molecule has 1 N–H and O–H groups in total. The summed E-state index contributed by atoms with van der Waals surface area (Å²) >= 11 is 1.60. The molecule has 0 spiro atoms. The van der Waals surface area contributed by atoms with Crippen LogP contribution in [0, 0.1) is 6.92 Å². The van der Waals surface area contributed by atoms with Gasteiger partial charge in [0, 0.05) is 17.6 Å². The van der Waals surface area contributed by atoms with Gasteiger partial charge in [0.15, 0.2) is 0 Å². The quantitative estimate of drug-likeness (QED) is 0.923. The maximum atomic E-state index is 12.5. The molecule has 2 heterocycles. The van der Waals surface area contributed by atoms with Crippen molar-refractivity contribution in [2.45, 2.75) is 38.9 Å². The molecule has 2 aromatic rings. The number of thiazole rings is 1. The predicted octanol–water partition coefficient (Wildman–Crippen LogP) is 2.73. The zero-order valence-electron chi connectivity index (χ0n) is 12.8. The smallest absolute Gasteiger partial charge is 0.237 e. The van der Waals surface area contributed by atoms with Crippen LogP contribution in [-0.2, 0) is 17.9 Å². The van der Waals surface area contributed by atoms with Gasteiger partial charge in [-0.3, -0.25) is 9.69 Å². The van der Waals surface area contributed by atoms with Gasteiger partial charge in [-0.1, -0.05) is 30.3 Å². The van der Waals surface area contributed by atoms with Crippen molar-refractivity contribution in [3.63, 3.8) is 0 Å². The summed E-state index contributed by atoms with van der Waals surface area (Å²) < 4.78 is 0. The summed E-state index contributed by atoms with van der Waals surface area (Å²) in [5.41, 5.74) is 2.28. The number of carbonyl (C=O) groups excluding carboxylic acids is 1. The Morgan fingerprint density at radius 1 is 1.41 bits per heavy atom. The molecule has 1 aliphatic rings. The van der Waals surface area contributed by atoms with Gasteiger partial charge >= 0.3 is 0 Å². The minimum Gasteiger partial charge on any atom is -0.348 e. The summed E-state index contributed by atoms with van der Waals surface area (Å²) in [6.07, 6.45) is 2.02. The highest BCUT2D eigenvalue weighted by molar-refractivity contribution is 7.09. The van der Waals surface area contributed by atoms with E-state index >= 15 is 0 Å². The van der Waals surface area contributed by atoms with E-state index in [9.17, 15) is 4.79 Å². The molecule has 1 aromatic heterocycles. The van der Waals surface area contributed by atoms with Crippen LogP contribution in [0.5, 0.6) is 0 Å². The van der Waals surface area contributed by atoms with Crippen molar-refractivity contribution in [1.82, 2.24) is 15.2 Å². The third-order valence-corrected chi connectivity index (χ3v) is 4.94. The predicted molar refractivity (Wildman–Crippen MR) is 88.6 cm³/mol. The molecule has 1 aliphatic heterocycles. The molecule has 22 heavy (non-hydrogen) atoms. The van der Waals surface area contributed by atoms with Gasteiger partial charge in [0.1, 0.15) is 5.01 Å². The van der Waals surface area contributed by atoms with Gasteiger partial charge in [-0.25, -0.2) is 4.98 Å². The van der Waals surface area contributed by atoms with E-state index in [4.69, 9.17) is 0 Å². The van der Waals surface area contributed by atoms with E-state index in [0.717, 1.165) is 36.6 Å². The third-order valence-electron chi connectivity index (χ3n) is 3.98. The van der Waals surface area contributed by atoms with E-state index in [-0.39, 0.29) is 11.9 Å². The second-order valence-electron chi connectivity index (χ2n) is 5.71. The number of hydrogen-bond acceptors (Lipinski definition) is 4. The van der Waals surface area contributed by atoms with Gasteiger partial charge < -0.3 is 5.32 Å². The fourth-order valence-corrected chi connectivity index (χ4v) is 3.61. The summed E-state index contributed by atoms with van der Waals surface area (Å²) in [7, 11) is 0. The first-order chi connectivity index (χ1) is 10.7. The van der Waals surface area contributed by atoms with E-state index in [2.05, 4.69) is 27.3 Å². The highest BCUT2D eigenvalue weighted by Gasteiger charge is 2.30. The molecule has 0 aliphatic carbocycles. The van der Waals surface area contributed by atoms with Crippen molar-refractivity contribution in [2.75, 3.05) is 6.54 Å². The lowest BCUT2D eigenvalue weighted by Gasteiger charge is -2.23. The molecule has 1 atom stereocenters. The highest BCUT2D eigenvalue weighted by Crippen LogP contribution is 2.20. The van der Waals surface area contributed by atoms with Crippen LogP contribution < -0.4 is 5.32 Å². The van der Waals surface area contributed by atoms with Gasteiger partial charge in [-0.15, -0.1) is 11.3 Å². The van der Waals surface area contributed by atoms with Crippen LogP contribution in [0.2, 0.25) is 0 Å². The number of carbonyl (C=O) groups is 1. The number of nitrogens with one attached hydrogen (secondary N) is 1. The molecular weight excluding hydrogens is 294 g/mol. The molecule has 0 bridgehead atoms. The Labute approximate surface area is 135 Å². The van der Waals surface area contributed by atoms with E-state index in [1.54, 1.807) is 11.3 Å². The largest absolute Gasteiger partial charge is 0.348 e. The Balaban J connectivity index is 1.56. The van der Waals surface area contributed by atoms with Crippen LogP contribution in [0.3, 0.4) is 0 Å². The zero-order chi connectivity index (χ0) is 15.4. The van der Waals surface area contributed by atoms with E-state index in [1.165, 1.54) is 5.56 Å². The maximum Gasteiger partial charge on any atom is 0.237 e. The Hall–Kier alpha value is -1.72. The van der Waals surface area contributed by atoms with Crippen LogP contribution in [0.15, 0.2) is 35.7 Å². The second kappa shape index (κ2) is 7.03. The maximum absolute atomic E-state index is 12.5. The third kappa shape index (κ3) is 3.72. The van der Waals surface area contributed by atoms with Crippen LogP contribution in [-0.4, -0.2) is 28.4 Å². The molecule has 1 fully saturated rings. The monoisotopic (exact) mass is 315 g/mol. The van der Waals surface area contributed by atoms with Crippen LogP contribution in [0.25, 0.3) is 0 Å². The highest BCUT2D eigenvalue weighted by atomic mass is 32.1. The first-order valence-corrected chi connectivity index (χ1v) is 8.57. The van der Waals surface area contributed by atoms with Crippen LogP contribution in [0.1, 0.15) is 29.1 Å². The van der Waals surface area contributed by atoms with Crippen molar-refractivity contribution in [3.8, 4) is 0 Å². The number of amides is 1. The average molecular weight is 315 g/mol. The van der Waals surface area contributed by atoms with Crippen LogP contribution >= 0.6 is 11.3 Å². The molecule has 1 amide bonds. The number of aromatic nitrogens is 1. The van der Waals surface area contributed by atoms with Gasteiger partial charge in [-0.05, 0) is 31.9 Å². The Kier molecular flexibility index (Phi) is 4.85. The number of nitrogens with zero attached hydrogens (tertiary/aromatic N) is 2. The van der Waals surface area contributed by atoms with Crippen LogP contribution in [0.4, 0.5) is 0 Å². The Bertz CT molecular complexity index is 626. The lowest BCUT2D eigenvalue weighted by Crippen LogP contribution is -2.42. The normalized spacial score (nSPS) is 18.5.